The van der Waals surface area contributed by atoms with Crippen LogP contribution >= 0.6 is 11.6 Å². The Morgan fingerprint density at radius 1 is 1.12 bits per heavy atom. The van der Waals surface area contributed by atoms with Gasteiger partial charge in [0.05, 0.1) is 5.57 Å². The highest BCUT2D eigenvalue weighted by Gasteiger charge is 2.40. The van der Waals surface area contributed by atoms with Gasteiger partial charge in [-0.2, -0.15) is 0 Å². The molecule has 0 saturated heterocycles. The maximum Gasteiger partial charge on any atom is 0.195 e. The summed E-state index contributed by atoms with van der Waals surface area (Å²) in [6.07, 6.45) is 0.162. The molecule has 136 valence electrons. The van der Waals surface area contributed by atoms with E-state index in [9.17, 15) is 9.90 Å². The number of rotatable bonds is 3. The van der Waals surface area contributed by atoms with E-state index in [0.29, 0.717) is 10.6 Å². The number of hydrogen-bond acceptors (Lipinski definition) is 3. The molecule has 1 N–H and O–H groups in total. The molecule has 1 atom stereocenters. The van der Waals surface area contributed by atoms with E-state index in [-0.39, 0.29) is 11.5 Å². The molecule has 4 heteroatoms. The molecule has 26 heavy (non-hydrogen) atoms. The molecule has 1 unspecified atom stereocenters. The van der Waals surface area contributed by atoms with Gasteiger partial charge in [0.2, 0.25) is 0 Å². The minimum absolute atomic E-state index is 0.0106. The van der Waals surface area contributed by atoms with Crippen LogP contribution in [0.1, 0.15) is 38.8 Å². The molecule has 2 aromatic carbocycles. The Bertz CT molecular complexity index is 879. The summed E-state index contributed by atoms with van der Waals surface area (Å²) < 4.78 is 5.68. The van der Waals surface area contributed by atoms with Crippen LogP contribution in [0.15, 0.2) is 48.2 Å². The highest BCUT2D eigenvalue weighted by atomic mass is 35.5. The van der Waals surface area contributed by atoms with Crippen molar-refractivity contribution in [1.29, 1.82) is 0 Å². The summed E-state index contributed by atoms with van der Waals surface area (Å²) in [5.41, 5.74) is 3.22. The highest BCUT2D eigenvalue weighted by molar-refractivity contribution is 6.30. The largest absolute Gasteiger partial charge is 0.508 e. The number of aryl methyl sites for hydroxylation is 1. The van der Waals surface area contributed by atoms with Crippen molar-refractivity contribution in [3.8, 4) is 11.1 Å². The van der Waals surface area contributed by atoms with Crippen molar-refractivity contribution in [3.05, 3.63) is 64.4 Å². The Balaban J connectivity index is 2.21. The standard InChI is InChI=1S/C22H23ClO3/c1-5-14-6-7-16(15-8-10-17(23)11-9-15)12-18(14)19-20(24)13(2)26-22(3,4)21(19)25/h6-13,25H,5H2,1-4H3. The normalized spacial score (nSPS) is 19.7. The zero-order valence-corrected chi connectivity index (χ0v) is 16.2. The molecule has 0 aliphatic carbocycles. The molecule has 3 rings (SSSR count). The van der Waals surface area contributed by atoms with Gasteiger partial charge in [0.25, 0.3) is 0 Å². The van der Waals surface area contributed by atoms with E-state index in [1.54, 1.807) is 20.8 Å². The molecular weight excluding hydrogens is 348 g/mol. The third-order valence-electron chi connectivity index (χ3n) is 4.83. The molecule has 0 saturated carbocycles. The topological polar surface area (TPSA) is 46.5 Å². The van der Waals surface area contributed by atoms with E-state index < -0.39 is 11.7 Å². The number of aliphatic hydroxyl groups is 1. The Kier molecular flexibility index (Phi) is 4.96. The zero-order valence-electron chi connectivity index (χ0n) is 15.5. The van der Waals surface area contributed by atoms with Gasteiger partial charge in [-0.25, -0.2) is 0 Å². The molecule has 0 aromatic heterocycles. The first kappa shape index (κ1) is 18.7. The van der Waals surface area contributed by atoms with Gasteiger partial charge in [-0.15, -0.1) is 0 Å². The van der Waals surface area contributed by atoms with Crippen LogP contribution in [0.4, 0.5) is 0 Å². The summed E-state index contributed by atoms with van der Waals surface area (Å²) in [5.74, 6) is -0.201. The van der Waals surface area contributed by atoms with Gasteiger partial charge < -0.3 is 9.84 Å². The fourth-order valence-corrected chi connectivity index (χ4v) is 3.50. The average Bonchev–Trinajstić information content (AvgIpc) is 2.61. The number of carbonyl (C=O) groups is 1. The van der Waals surface area contributed by atoms with E-state index in [1.165, 1.54) is 0 Å². The number of ether oxygens (including phenoxy) is 1. The number of benzene rings is 2. The van der Waals surface area contributed by atoms with Gasteiger partial charge in [-0.3, -0.25) is 4.79 Å². The number of halogens is 1. The molecule has 1 aliphatic heterocycles. The molecular formula is C22H23ClO3. The van der Waals surface area contributed by atoms with Crippen molar-refractivity contribution < 1.29 is 14.6 Å². The molecule has 0 bridgehead atoms. The summed E-state index contributed by atoms with van der Waals surface area (Å²) in [7, 11) is 0. The molecule has 0 radical (unpaired) electrons. The maximum atomic E-state index is 12.8. The van der Waals surface area contributed by atoms with Crippen LogP contribution in [-0.4, -0.2) is 22.6 Å². The lowest BCUT2D eigenvalue weighted by Gasteiger charge is -2.35. The summed E-state index contributed by atoms with van der Waals surface area (Å²) in [6.45, 7) is 7.32. The van der Waals surface area contributed by atoms with Gasteiger partial charge in [-0.05, 0) is 67.6 Å². The lowest BCUT2D eigenvalue weighted by Crippen LogP contribution is -2.42. The summed E-state index contributed by atoms with van der Waals surface area (Å²) in [4.78, 5) is 12.8. The highest BCUT2D eigenvalue weighted by Crippen LogP contribution is 2.38. The summed E-state index contributed by atoms with van der Waals surface area (Å²) >= 11 is 5.99. The number of aliphatic hydroxyl groups excluding tert-OH is 1. The molecule has 0 amide bonds. The summed E-state index contributed by atoms with van der Waals surface area (Å²) in [5, 5.41) is 11.4. The second-order valence-electron chi connectivity index (χ2n) is 7.09. The fraction of sp³-hybridized carbons (Fsp3) is 0.318. The fourth-order valence-electron chi connectivity index (χ4n) is 3.37. The molecule has 1 heterocycles. The van der Waals surface area contributed by atoms with Crippen LogP contribution in [0.3, 0.4) is 0 Å². The minimum Gasteiger partial charge on any atom is -0.508 e. The van der Waals surface area contributed by atoms with Crippen molar-refractivity contribution >= 4 is 23.0 Å². The van der Waals surface area contributed by atoms with E-state index in [0.717, 1.165) is 28.7 Å². The third kappa shape index (κ3) is 3.29. The van der Waals surface area contributed by atoms with E-state index >= 15 is 0 Å². The summed E-state index contributed by atoms with van der Waals surface area (Å²) in [6, 6.07) is 13.6. The molecule has 0 spiro atoms. The number of ketones is 1. The predicted molar refractivity (Wildman–Crippen MR) is 105 cm³/mol. The van der Waals surface area contributed by atoms with Gasteiger partial charge in [-0.1, -0.05) is 42.8 Å². The quantitative estimate of drug-likeness (QED) is 0.764. The van der Waals surface area contributed by atoms with Crippen LogP contribution < -0.4 is 0 Å². The first-order chi connectivity index (χ1) is 12.2. The molecule has 1 aliphatic rings. The van der Waals surface area contributed by atoms with E-state index in [2.05, 4.69) is 0 Å². The number of Topliss-reactive ketones (excluding diaryl/α,β-unsaturated/α-hetero) is 1. The molecule has 2 aromatic rings. The Labute approximate surface area is 159 Å². The van der Waals surface area contributed by atoms with Crippen molar-refractivity contribution in [2.24, 2.45) is 0 Å². The third-order valence-corrected chi connectivity index (χ3v) is 5.08. The van der Waals surface area contributed by atoms with Crippen molar-refractivity contribution in [2.75, 3.05) is 0 Å². The Morgan fingerprint density at radius 3 is 2.35 bits per heavy atom. The second-order valence-corrected chi connectivity index (χ2v) is 7.53. The minimum atomic E-state index is -0.899. The second kappa shape index (κ2) is 6.90. The van der Waals surface area contributed by atoms with E-state index in [4.69, 9.17) is 16.3 Å². The first-order valence-electron chi connectivity index (χ1n) is 8.79. The SMILES string of the molecule is CCc1ccc(-c2ccc(Cl)cc2)cc1C1=C(O)C(C)(C)OC(C)C1=O. The first-order valence-corrected chi connectivity index (χ1v) is 9.17. The Morgan fingerprint density at radius 2 is 1.73 bits per heavy atom. The van der Waals surface area contributed by atoms with Crippen molar-refractivity contribution in [3.63, 3.8) is 0 Å². The average molecular weight is 371 g/mol. The predicted octanol–water partition coefficient (Wildman–Crippen LogP) is 5.60. The maximum absolute atomic E-state index is 12.8. The van der Waals surface area contributed by atoms with Gasteiger partial charge >= 0.3 is 0 Å². The van der Waals surface area contributed by atoms with Crippen LogP contribution in [0.5, 0.6) is 0 Å². The van der Waals surface area contributed by atoms with Crippen LogP contribution in [0.25, 0.3) is 16.7 Å². The number of carbonyl (C=O) groups excluding carboxylic acids is 1. The monoisotopic (exact) mass is 370 g/mol. The van der Waals surface area contributed by atoms with E-state index in [1.807, 2.05) is 49.4 Å². The lowest BCUT2D eigenvalue weighted by atomic mass is 9.84. The van der Waals surface area contributed by atoms with Crippen molar-refractivity contribution in [2.45, 2.75) is 45.8 Å². The lowest BCUT2D eigenvalue weighted by molar-refractivity contribution is -0.137. The zero-order chi connectivity index (χ0) is 19.1. The molecule has 0 fully saturated rings. The van der Waals surface area contributed by atoms with Crippen LogP contribution in [-0.2, 0) is 16.0 Å². The van der Waals surface area contributed by atoms with Gasteiger partial charge in [0.15, 0.2) is 5.78 Å². The van der Waals surface area contributed by atoms with Crippen molar-refractivity contribution in [1.82, 2.24) is 0 Å². The number of hydrogen-bond donors (Lipinski definition) is 1. The van der Waals surface area contributed by atoms with Gasteiger partial charge in [0.1, 0.15) is 17.5 Å². The van der Waals surface area contributed by atoms with Crippen LogP contribution in [0.2, 0.25) is 5.02 Å². The Hall–Kier alpha value is -2.10. The van der Waals surface area contributed by atoms with Crippen LogP contribution in [0, 0.1) is 0 Å². The van der Waals surface area contributed by atoms with Gasteiger partial charge in [0, 0.05) is 5.02 Å². The molecule has 3 nitrogen and oxygen atoms in total. The smallest absolute Gasteiger partial charge is 0.195 e.